The van der Waals surface area contributed by atoms with Crippen LogP contribution in [-0.2, 0) is 0 Å². The SMILES string of the molecule is COc1cc([N+](=O)[O-])ccc1N[N+]#N. The Kier molecular flexibility index (Phi) is 2.81. The van der Waals surface area contributed by atoms with Crippen LogP contribution in [0.5, 0.6) is 5.75 Å². The van der Waals surface area contributed by atoms with Gasteiger partial charge in [0.15, 0.2) is 11.4 Å². The number of benzene rings is 1. The van der Waals surface area contributed by atoms with Gasteiger partial charge in [0.2, 0.25) is 0 Å². The van der Waals surface area contributed by atoms with E-state index in [0.29, 0.717) is 5.69 Å². The number of nitrogens with zero attached hydrogens (tertiary/aromatic N) is 3. The van der Waals surface area contributed by atoms with E-state index in [4.69, 9.17) is 10.1 Å². The third-order valence-corrected chi connectivity index (χ3v) is 1.57. The molecule has 0 amide bonds. The van der Waals surface area contributed by atoms with Gasteiger partial charge in [-0.2, -0.15) is 0 Å². The molecule has 0 atom stereocenters. The van der Waals surface area contributed by atoms with Crippen LogP contribution in [-0.4, -0.2) is 12.0 Å². The van der Waals surface area contributed by atoms with Gasteiger partial charge in [-0.25, -0.2) is 0 Å². The summed E-state index contributed by atoms with van der Waals surface area (Å²) >= 11 is 0. The first-order valence-corrected chi connectivity index (χ1v) is 3.61. The number of non-ortho nitro benzene ring substituents is 1. The van der Waals surface area contributed by atoms with Crippen LogP contribution in [0.4, 0.5) is 11.4 Å². The summed E-state index contributed by atoms with van der Waals surface area (Å²) in [5.74, 6) is 0.233. The van der Waals surface area contributed by atoms with Gasteiger partial charge in [0.25, 0.3) is 11.1 Å². The van der Waals surface area contributed by atoms with Gasteiger partial charge in [-0.15, -0.1) is 0 Å². The molecule has 1 aromatic carbocycles. The summed E-state index contributed by atoms with van der Waals surface area (Å²) < 4.78 is 4.85. The van der Waals surface area contributed by atoms with Gasteiger partial charge in [0.05, 0.1) is 18.1 Å². The number of nitrogens with one attached hydrogen (secondary N) is 1. The third-order valence-electron chi connectivity index (χ3n) is 1.57. The van der Waals surface area contributed by atoms with Crippen molar-refractivity contribution in [3.8, 4) is 5.75 Å². The molecule has 0 saturated heterocycles. The van der Waals surface area contributed by atoms with Gasteiger partial charge < -0.3 is 4.74 Å². The van der Waals surface area contributed by atoms with E-state index in [-0.39, 0.29) is 11.4 Å². The van der Waals surface area contributed by atoms with Crippen molar-refractivity contribution in [3.63, 3.8) is 0 Å². The molecule has 0 unspecified atom stereocenters. The summed E-state index contributed by atoms with van der Waals surface area (Å²) in [7, 11) is 1.36. The fourth-order valence-electron chi connectivity index (χ4n) is 0.940. The molecular weight excluding hydrogens is 188 g/mol. The Labute approximate surface area is 79.0 Å². The van der Waals surface area contributed by atoms with Crippen molar-refractivity contribution in [2.24, 2.45) is 0 Å². The van der Waals surface area contributed by atoms with Crippen LogP contribution < -0.4 is 10.2 Å². The average molecular weight is 195 g/mol. The van der Waals surface area contributed by atoms with Gasteiger partial charge in [0.1, 0.15) is 0 Å². The zero-order chi connectivity index (χ0) is 10.6. The van der Waals surface area contributed by atoms with Crippen LogP contribution >= 0.6 is 0 Å². The van der Waals surface area contributed by atoms with Crippen LogP contribution in [0.1, 0.15) is 0 Å². The second-order valence-corrected chi connectivity index (χ2v) is 2.35. The molecule has 0 aliphatic rings. The average Bonchev–Trinajstić information content (AvgIpc) is 2.18. The zero-order valence-corrected chi connectivity index (χ0v) is 7.30. The van der Waals surface area contributed by atoms with E-state index in [1.807, 2.05) is 0 Å². The highest BCUT2D eigenvalue weighted by atomic mass is 16.6. The molecule has 0 aliphatic carbocycles. The highest BCUT2D eigenvalue weighted by molar-refractivity contribution is 5.61. The van der Waals surface area contributed by atoms with E-state index in [1.54, 1.807) is 0 Å². The van der Waals surface area contributed by atoms with E-state index in [9.17, 15) is 10.1 Å². The summed E-state index contributed by atoms with van der Waals surface area (Å²) in [5.41, 5.74) is 2.48. The lowest BCUT2D eigenvalue weighted by Crippen LogP contribution is -1.94. The molecule has 0 heterocycles. The quantitative estimate of drug-likeness (QED) is 0.450. The van der Waals surface area contributed by atoms with Gasteiger partial charge >= 0.3 is 5.08 Å². The number of anilines is 1. The highest BCUT2D eigenvalue weighted by Crippen LogP contribution is 2.28. The van der Waals surface area contributed by atoms with Crippen molar-refractivity contribution in [2.75, 3.05) is 12.5 Å². The van der Waals surface area contributed by atoms with Crippen molar-refractivity contribution in [1.82, 2.24) is 0 Å². The summed E-state index contributed by atoms with van der Waals surface area (Å²) in [4.78, 5) is 9.86. The maximum absolute atomic E-state index is 10.4. The molecule has 72 valence electrons. The molecule has 0 aliphatic heterocycles. The van der Waals surface area contributed by atoms with Crippen molar-refractivity contribution in [2.45, 2.75) is 0 Å². The Bertz CT molecular complexity index is 398. The van der Waals surface area contributed by atoms with Crippen molar-refractivity contribution < 1.29 is 9.66 Å². The Morgan fingerprint density at radius 2 is 2.36 bits per heavy atom. The second-order valence-electron chi connectivity index (χ2n) is 2.35. The summed E-state index contributed by atoms with van der Waals surface area (Å²) in [6, 6.07) is 3.89. The first kappa shape index (κ1) is 9.73. The molecule has 1 aromatic rings. The van der Waals surface area contributed by atoms with Gasteiger partial charge in [-0.05, 0) is 11.5 Å². The third kappa shape index (κ3) is 1.87. The summed E-state index contributed by atoms with van der Waals surface area (Å²) in [6.07, 6.45) is 0. The number of hydrogen-bond acceptors (Lipinski definition) is 5. The molecule has 0 spiro atoms. The fourth-order valence-corrected chi connectivity index (χ4v) is 0.940. The van der Waals surface area contributed by atoms with Crippen molar-refractivity contribution >= 4 is 11.4 Å². The highest BCUT2D eigenvalue weighted by Gasteiger charge is 2.13. The molecule has 0 fully saturated rings. The smallest absolute Gasteiger partial charge is 0.308 e. The molecule has 1 N–H and O–H groups in total. The van der Waals surface area contributed by atoms with Gasteiger partial charge in [0, 0.05) is 6.07 Å². The molecule has 0 radical (unpaired) electrons. The molecule has 0 aromatic heterocycles. The number of methoxy groups -OCH3 is 1. The maximum atomic E-state index is 10.4. The minimum absolute atomic E-state index is 0.0923. The minimum Gasteiger partial charge on any atom is -0.494 e. The van der Waals surface area contributed by atoms with Crippen LogP contribution in [0, 0.1) is 15.5 Å². The van der Waals surface area contributed by atoms with Crippen molar-refractivity contribution in [3.05, 3.63) is 33.4 Å². The first-order valence-electron chi connectivity index (χ1n) is 3.61. The van der Waals surface area contributed by atoms with E-state index < -0.39 is 4.92 Å². The van der Waals surface area contributed by atoms with Crippen molar-refractivity contribution in [1.29, 1.82) is 5.39 Å². The molecule has 7 heteroatoms. The van der Waals surface area contributed by atoms with Gasteiger partial charge in [-0.1, -0.05) is 0 Å². The zero-order valence-electron chi connectivity index (χ0n) is 7.30. The number of ether oxygens (including phenoxy) is 1. The van der Waals surface area contributed by atoms with E-state index in [0.717, 1.165) is 0 Å². The van der Waals surface area contributed by atoms with Crippen LogP contribution in [0.2, 0.25) is 0 Å². The first-order chi connectivity index (χ1) is 6.69. The molecular formula is C7H7N4O3+. The number of diazo groups is 1. The topological polar surface area (TPSA) is 92.6 Å². The lowest BCUT2D eigenvalue weighted by molar-refractivity contribution is -0.384. The molecule has 7 nitrogen and oxygen atoms in total. The number of hydrogen-bond donors (Lipinski definition) is 1. The molecule has 0 saturated carbocycles. The fraction of sp³-hybridized carbons (Fsp3) is 0.143. The summed E-state index contributed by atoms with van der Waals surface area (Å²) in [6.45, 7) is 0. The number of rotatable bonds is 3. The standard InChI is InChI=1S/C7H7N4O3/c1-14-7-4-5(11(12)13)2-3-6(7)9-10-8/h2-4,9H,1H3/q+1. The predicted octanol–water partition coefficient (Wildman–Crippen LogP) is 1.78. The monoisotopic (exact) mass is 195 g/mol. The van der Waals surface area contributed by atoms with E-state index in [2.05, 4.69) is 10.5 Å². The van der Waals surface area contributed by atoms with Crippen LogP contribution in [0.15, 0.2) is 18.2 Å². The van der Waals surface area contributed by atoms with E-state index >= 15 is 0 Å². The number of nitro groups is 1. The Balaban J connectivity index is 3.12. The maximum Gasteiger partial charge on any atom is 0.308 e. The van der Waals surface area contributed by atoms with Crippen LogP contribution in [0.25, 0.3) is 5.08 Å². The van der Waals surface area contributed by atoms with Gasteiger partial charge in [-0.3, -0.25) is 10.1 Å². The summed E-state index contributed by atoms with van der Waals surface area (Å²) in [5, 5.41) is 21.3. The number of nitro benzene ring substituents is 1. The Morgan fingerprint density at radius 3 is 2.86 bits per heavy atom. The Hall–Kier alpha value is -2.36. The predicted molar refractivity (Wildman–Crippen MR) is 48.4 cm³/mol. The largest absolute Gasteiger partial charge is 0.494 e. The molecule has 14 heavy (non-hydrogen) atoms. The molecule has 1 rings (SSSR count). The lowest BCUT2D eigenvalue weighted by Gasteiger charge is -2.01. The van der Waals surface area contributed by atoms with Crippen LogP contribution in [0.3, 0.4) is 0 Å². The lowest BCUT2D eigenvalue weighted by atomic mass is 10.2. The minimum atomic E-state index is -0.539. The molecule has 0 bridgehead atoms. The Morgan fingerprint density at radius 1 is 1.64 bits per heavy atom. The van der Waals surface area contributed by atoms with E-state index in [1.165, 1.54) is 25.3 Å². The normalized spacial score (nSPS) is 8.86. The second kappa shape index (κ2) is 4.04.